The Morgan fingerprint density at radius 3 is 2.56 bits per heavy atom. The van der Waals surface area contributed by atoms with Gasteiger partial charge in [-0.1, -0.05) is 24.3 Å². The van der Waals surface area contributed by atoms with Crippen molar-refractivity contribution in [2.45, 2.75) is 50.6 Å². The number of carboxylic acid groups (broad SMARTS) is 1. The number of aromatic nitrogens is 2. The molecule has 1 aromatic carbocycles. The highest BCUT2D eigenvalue weighted by atomic mass is 16.4. The van der Waals surface area contributed by atoms with Crippen LogP contribution >= 0.6 is 0 Å². The van der Waals surface area contributed by atoms with E-state index in [0.29, 0.717) is 18.4 Å². The van der Waals surface area contributed by atoms with Gasteiger partial charge in [0.2, 0.25) is 0 Å². The van der Waals surface area contributed by atoms with Crippen LogP contribution in [0.1, 0.15) is 52.0 Å². The average Bonchev–Trinajstić information content (AvgIpc) is 3.23. The van der Waals surface area contributed by atoms with Gasteiger partial charge in [0.15, 0.2) is 0 Å². The molecule has 2 aromatic heterocycles. The van der Waals surface area contributed by atoms with E-state index < -0.39 is 5.97 Å². The molecule has 0 spiro atoms. The molecule has 0 atom stereocenters. The normalized spacial score (nSPS) is 19.4. The second-order valence-corrected chi connectivity index (χ2v) is 11.0. The van der Waals surface area contributed by atoms with Crippen LogP contribution < -0.4 is 5.73 Å². The fraction of sp³-hybridized carbons (Fsp3) is 0.448. The molecule has 3 aliphatic rings. The first-order chi connectivity index (χ1) is 17.4. The van der Waals surface area contributed by atoms with E-state index in [1.807, 2.05) is 6.20 Å². The number of carboxylic acids is 1. The number of nitrogens with one attached hydrogen (secondary N) is 1. The lowest BCUT2D eigenvalue weighted by Crippen LogP contribution is -2.48. The molecule has 0 unspecified atom stereocenters. The van der Waals surface area contributed by atoms with E-state index in [1.165, 1.54) is 5.56 Å². The van der Waals surface area contributed by atoms with Crippen LogP contribution in [0.25, 0.3) is 22.5 Å². The van der Waals surface area contributed by atoms with Gasteiger partial charge in [-0.05, 0) is 61.9 Å². The minimum atomic E-state index is -0.862. The molecule has 2 aliphatic carbocycles. The van der Waals surface area contributed by atoms with Crippen LogP contribution in [0.2, 0.25) is 0 Å². The summed E-state index contributed by atoms with van der Waals surface area (Å²) in [6.07, 6.45) is 7.07. The molecule has 3 heterocycles. The van der Waals surface area contributed by atoms with Gasteiger partial charge in [0.1, 0.15) is 0 Å². The minimum Gasteiger partial charge on any atom is -0.478 e. The van der Waals surface area contributed by atoms with Crippen molar-refractivity contribution in [3.63, 3.8) is 0 Å². The number of hydrogen-bond acceptors (Lipinski definition) is 5. The topological polar surface area (TPSA) is 98.5 Å². The highest BCUT2D eigenvalue weighted by molar-refractivity contribution is 5.95. The van der Waals surface area contributed by atoms with Crippen molar-refractivity contribution in [1.29, 1.82) is 0 Å². The van der Waals surface area contributed by atoms with Gasteiger partial charge in [-0.2, -0.15) is 0 Å². The second kappa shape index (κ2) is 9.14. The Hall–Kier alpha value is -3.00. The number of hydrogen-bond donors (Lipinski definition) is 3. The molecule has 4 N–H and O–H groups in total. The molecular weight excluding hydrogens is 450 g/mol. The number of fused-ring (bicyclic) bond motifs is 3. The minimum absolute atomic E-state index is 0.282. The second-order valence-electron chi connectivity index (χ2n) is 11.0. The van der Waals surface area contributed by atoms with Gasteiger partial charge in [0.05, 0.1) is 17.0 Å². The van der Waals surface area contributed by atoms with Crippen LogP contribution in [0.15, 0.2) is 36.5 Å². The van der Waals surface area contributed by atoms with E-state index in [0.717, 1.165) is 97.7 Å². The largest absolute Gasteiger partial charge is 0.478 e. The Labute approximate surface area is 212 Å². The van der Waals surface area contributed by atoms with Crippen molar-refractivity contribution in [3.8, 4) is 22.5 Å². The van der Waals surface area contributed by atoms with Gasteiger partial charge >= 0.3 is 5.97 Å². The predicted octanol–water partition coefficient (Wildman–Crippen LogP) is 3.71. The first-order valence-electron chi connectivity index (χ1n) is 13.1. The third-order valence-electron chi connectivity index (χ3n) is 8.43. The number of carbonyl (C=O) groups is 1. The Bertz CT molecular complexity index is 1280. The quantitative estimate of drug-likeness (QED) is 0.492. The molecule has 7 nitrogen and oxygen atoms in total. The number of benzene rings is 1. The summed E-state index contributed by atoms with van der Waals surface area (Å²) >= 11 is 0. The number of likely N-dealkylation sites (N-methyl/N-ethyl adjacent to an activating group) is 1. The SMILES string of the molecule is CN1CCN(Cc2ccc(-c3cc4c(cn3)CCc3c-4[nH]c(CC4(N)CCC4)c3C(=O)O)cc2)CC1. The van der Waals surface area contributed by atoms with E-state index in [-0.39, 0.29) is 5.54 Å². The molecule has 0 radical (unpaired) electrons. The smallest absolute Gasteiger partial charge is 0.337 e. The van der Waals surface area contributed by atoms with Crippen LogP contribution in [0.3, 0.4) is 0 Å². The predicted molar refractivity (Wildman–Crippen MR) is 141 cm³/mol. The number of aromatic amines is 1. The summed E-state index contributed by atoms with van der Waals surface area (Å²) in [6, 6.07) is 10.8. The third kappa shape index (κ3) is 4.36. The molecular formula is C29H35N5O2. The van der Waals surface area contributed by atoms with Gasteiger partial charge in [0.25, 0.3) is 0 Å². The summed E-state index contributed by atoms with van der Waals surface area (Å²) in [4.78, 5) is 25.4. The van der Waals surface area contributed by atoms with Crippen molar-refractivity contribution >= 4 is 5.97 Å². The number of nitrogens with zero attached hydrogens (tertiary/aromatic N) is 3. The molecule has 7 heteroatoms. The van der Waals surface area contributed by atoms with E-state index in [4.69, 9.17) is 10.7 Å². The van der Waals surface area contributed by atoms with Crippen LogP contribution in [0.5, 0.6) is 0 Å². The Balaban J connectivity index is 1.28. The Kier molecular flexibility index (Phi) is 5.94. The number of aryl methyl sites for hydroxylation is 1. The fourth-order valence-corrected chi connectivity index (χ4v) is 6.00. The first-order valence-corrected chi connectivity index (χ1v) is 13.1. The lowest BCUT2D eigenvalue weighted by atomic mass is 9.74. The van der Waals surface area contributed by atoms with Gasteiger partial charge in [-0.3, -0.25) is 9.88 Å². The Morgan fingerprint density at radius 2 is 1.89 bits per heavy atom. The zero-order chi connectivity index (χ0) is 24.9. The van der Waals surface area contributed by atoms with Gasteiger partial charge in [-0.15, -0.1) is 0 Å². The highest BCUT2D eigenvalue weighted by Gasteiger charge is 2.36. The van der Waals surface area contributed by atoms with Gasteiger partial charge in [0, 0.05) is 67.7 Å². The molecule has 2 fully saturated rings. The highest BCUT2D eigenvalue weighted by Crippen LogP contribution is 2.40. The summed E-state index contributed by atoms with van der Waals surface area (Å²) < 4.78 is 0. The maximum Gasteiger partial charge on any atom is 0.337 e. The van der Waals surface area contributed by atoms with Crippen molar-refractivity contribution in [2.75, 3.05) is 33.2 Å². The summed E-state index contributed by atoms with van der Waals surface area (Å²) in [7, 11) is 2.18. The zero-order valence-electron chi connectivity index (χ0n) is 21.0. The number of rotatable bonds is 6. The summed E-state index contributed by atoms with van der Waals surface area (Å²) in [5.41, 5.74) is 14.8. The third-order valence-corrected chi connectivity index (χ3v) is 8.43. The van der Waals surface area contributed by atoms with Gasteiger partial charge < -0.3 is 20.7 Å². The van der Waals surface area contributed by atoms with Crippen LogP contribution in [0, 0.1) is 0 Å². The number of H-pyrrole nitrogens is 1. The molecule has 36 heavy (non-hydrogen) atoms. The summed E-state index contributed by atoms with van der Waals surface area (Å²) in [6.45, 7) is 5.43. The van der Waals surface area contributed by atoms with E-state index in [2.05, 4.69) is 52.2 Å². The maximum atomic E-state index is 12.3. The van der Waals surface area contributed by atoms with Crippen LogP contribution in [-0.2, 0) is 25.8 Å². The monoisotopic (exact) mass is 485 g/mol. The molecule has 6 rings (SSSR count). The van der Waals surface area contributed by atoms with Crippen molar-refractivity contribution in [2.24, 2.45) is 5.73 Å². The molecule has 3 aromatic rings. The maximum absolute atomic E-state index is 12.3. The average molecular weight is 486 g/mol. The molecule has 1 saturated carbocycles. The van der Waals surface area contributed by atoms with Crippen molar-refractivity contribution < 1.29 is 9.90 Å². The van der Waals surface area contributed by atoms with Crippen LogP contribution in [0.4, 0.5) is 0 Å². The molecule has 0 bridgehead atoms. The number of pyridine rings is 1. The van der Waals surface area contributed by atoms with E-state index >= 15 is 0 Å². The van der Waals surface area contributed by atoms with E-state index in [9.17, 15) is 9.90 Å². The van der Waals surface area contributed by atoms with Crippen molar-refractivity contribution in [3.05, 3.63) is 64.5 Å². The Morgan fingerprint density at radius 1 is 1.14 bits per heavy atom. The summed E-state index contributed by atoms with van der Waals surface area (Å²) in [5, 5.41) is 10.1. The summed E-state index contributed by atoms with van der Waals surface area (Å²) in [5.74, 6) is -0.862. The van der Waals surface area contributed by atoms with Gasteiger partial charge in [-0.25, -0.2) is 4.79 Å². The zero-order valence-corrected chi connectivity index (χ0v) is 21.0. The van der Waals surface area contributed by atoms with E-state index in [1.54, 1.807) is 0 Å². The van der Waals surface area contributed by atoms with Crippen LogP contribution in [-0.4, -0.2) is 69.6 Å². The lowest BCUT2D eigenvalue weighted by molar-refractivity contribution is 0.0694. The molecule has 188 valence electrons. The molecule has 0 amide bonds. The molecule has 1 aliphatic heterocycles. The first kappa shape index (κ1) is 23.4. The fourth-order valence-electron chi connectivity index (χ4n) is 6.00. The number of piperazine rings is 1. The number of nitrogens with two attached hydrogens (primary N) is 1. The number of aromatic carboxylic acids is 1. The van der Waals surface area contributed by atoms with Crippen molar-refractivity contribution in [1.82, 2.24) is 19.8 Å². The standard InChI is InChI=1S/C29H35N5O2/c1-33-11-13-34(14-12-33)18-19-3-5-20(6-4-19)24-15-23-21(17-31-24)7-8-22-26(28(35)36)25(32-27(22)23)16-29(30)9-2-10-29/h3-6,15,17,32H,2,7-14,16,18,30H2,1H3,(H,35,36). The molecule has 1 saturated heterocycles. The lowest BCUT2D eigenvalue weighted by Gasteiger charge is -2.38.